The van der Waals surface area contributed by atoms with Crippen molar-refractivity contribution in [1.29, 1.82) is 0 Å². The van der Waals surface area contributed by atoms with E-state index in [-0.39, 0.29) is 0 Å². The number of aromatic nitrogens is 2. The molecule has 0 aliphatic heterocycles. The van der Waals surface area contributed by atoms with Crippen molar-refractivity contribution in [3.05, 3.63) is 34.1 Å². The van der Waals surface area contributed by atoms with Crippen molar-refractivity contribution in [1.82, 2.24) is 10.2 Å². The van der Waals surface area contributed by atoms with Crippen LogP contribution in [0, 0.1) is 0 Å². The van der Waals surface area contributed by atoms with Gasteiger partial charge >= 0.3 is 0 Å². The van der Waals surface area contributed by atoms with E-state index in [1.807, 2.05) is 18.2 Å². The van der Waals surface area contributed by atoms with Gasteiger partial charge < -0.3 is 4.42 Å². The molecule has 2 rings (SSSR count). The summed E-state index contributed by atoms with van der Waals surface area (Å²) in [6.07, 6.45) is 1.27. The highest BCUT2D eigenvalue weighted by atomic mass is 79.9. The Bertz CT molecular complexity index is 416. The fourth-order valence-corrected chi connectivity index (χ4v) is 1.53. The highest BCUT2D eigenvalue weighted by molar-refractivity contribution is 9.10. The van der Waals surface area contributed by atoms with Gasteiger partial charge in [0.1, 0.15) is 0 Å². The molecule has 0 aliphatic carbocycles. The Labute approximate surface area is 87.9 Å². The minimum atomic E-state index is 0.423. The molecule has 0 saturated carbocycles. The van der Waals surface area contributed by atoms with Crippen LogP contribution in [0.1, 0.15) is 0 Å². The molecule has 0 fully saturated rings. The van der Waals surface area contributed by atoms with Crippen LogP contribution >= 0.6 is 27.5 Å². The Kier molecular flexibility index (Phi) is 2.33. The van der Waals surface area contributed by atoms with E-state index in [0.717, 1.165) is 10.0 Å². The van der Waals surface area contributed by atoms with Crippen LogP contribution in [0.3, 0.4) is 0 Å². The lowest BCUT2D eigenvalue weighted by Crippen LogP contribution is -1.80. The second-order valence-corrected chi connectivity index (χ2v) is 3.58. The standard InChI is InChI=1S/C8H4BrClN2O/c9-6-3-1-2-5(7(6)10)8-12-11-4-13-8/h1-4H. The van der Waals surface area contributed by atoms with Gasteiger partial charge in [-0.1, -0.05) is 17.7 Å². The molecule has 0 aliphatic rings. The molecule has 3 nitrogen and oxygen atoms in total. The van der Waals surface area contributed by atoms with Crippen LogP contribution < -0.4 is 0 Å². The smallest absolute Gasteiger partial charge is 0.248 e. The summed E-state index contributed by atoms with van der Waals surface area (Å²) in [5.74, 6) is 0.423. The van der Waals surface area contributed by atoms with Crippen LogP contribution in [0.25, 0.3) is 11.5 Å². The molecule has 66 valence electrons. The average molecular weight is 259 g/mol. The minimum absolute atomic E-state index is 0.423. The lowest BCUT2D eigenvalue weighted by molar-refractivity contribution is 0.568. The zero-order chi connectivity index (χ0) is 9.26. The van der Waals surface area contributed by atoms with Gasteiger partial charge in [-0.15, -0.1) is 10.2 Å². The SMILES string of the molecule is Clc1c(Br)cccc1-c1nnco1. The van der Waals surface area contributed by atoms with Crippen molar-refractivity contribution in [3.8, 4) is 11.5 Å². The van der Waals surface area contributed by atoms with Gasteiger partial charge in [0.2, 0.25) is 12.3 Å². The minimum Gasteiger partial charge on any atom is -0.423 e. The van der Waals surface area contributed by atoms with Crippen molar-refractivity contribution in [2.75, 3.05) is 0 Å². The second kappa shape index (κ2) is 3.47. The second-order valence-electron chi connectivity index (χ2n) is 2.35. The molecular weight excluding hydrogens is 255 g/mol. The van der Waals surface area contributed by atoms with Gasteiger partial charge in [-0.25, -0.2) is 0 Å². The van der Waals surface area contributed by atoms with Crippen LogP contribution in [-0.4, -0.2) is 10.2 Å². The Balaban J connectivity index is 2.59. The Hall–Kier alpha value is -0.870. The van der Waals surface area contributed by atoms with Crippen LogP contribution in [-0.2, 0) is 0 Å². The summed E-state index contributed by atoms with van der Waals surface area (Å²) in [6.45, 7) is 0. The monoisotopic (exact) mass is 258 g/mol. The van der Waals surface area contributed by atoms with E-state index in [4.69, 9.17) is 16.0 Å². The van der Waals surface area contributed by atoms with Gasteiger partial charge in [0.25, 0.3) is 0 Å². The van der Waals surface area contributed by atoms with Gasteiger partial charge in [-0.2, -0.15) is 0 Å². The largest absolute Gasteiger partial charge is 0.423 e. The van der Waals surface area contributed by atoms with Crippen molar-refractivity contribution >= 4 is 27.5 Å². The third-order valence-electron chi connectivity index (χ3n) is 1.54. The molecule has 1 aromatic carbocycles. The predicted octanol–water partition coefficient (Wildman–Crippen LogP) is 3.15. The molecule has 0 spiro atoms. The van der Waals surface area contributed by atoms with Crippen LogP contribution in [0.2, 0.25) is 5.02 Å². The van der Waals surface area contributed by atoms with Gasteiger partial charge in [-0.05, 0) is 28.1 Å². The quantitative estimate of drug-likeness (QED) is 0.790. The summed E-state index contributed by atoms with van der Waals surface area (Å²) in [5, 5.41) is 7.92. The van der Waals surface area contributed by atoms with Gasteiger partial charge in [0, 0.05) is 4.47 Å². The van der Waals surface area contributed by atoms with Gasteiger partial charge in [-0.3, -0.25) is 0 Å². The summed E-state index contributed by atoms with van der Waals surface area (Å²) in [6, 6.07) is 5.53. The molecular formula is C8H4BrClN2O. The average Bonchev–Trinajstić information content (AvgIpc) is 2.62. The summed E-state index contributed by atoms with van der Waals surface area (Å²) in [5.41, 5.74) is 0.730. The Morgan fingerprint density at radius 3 is 2.92 bits per heavy atom. The Morgan fingerprint density at radius 2 is 2.23 bits per heavy atom. The first-order chi connectivity index (χ1) is 6.29. The van der Waals surface area contributed by atoms with Crippen molar-refractivity contribution in [3.63, 3.8) is 0 Å². The molecule has 0 amide bonds. The zero-order valence-corrected chi connectivity index (χ0v) is 8.71. The molecule has 0 N–H and O–H groups in total. The van der Waals surface area contributed by atoms with E-state index < -0.39 is 0 Å². The Morgan fingerprint density at radius 1 is 1.38 bits per heavy atom. The summed E-state index contributed by atoms with van der Waals surface area (Å²) in [4.78, 5) is 0. The van der Waals surface area contributed by atoms with Crippen LogP contribution in [0.4, 0.5) is 0 Å². The number of hydrogen-bond donors (Lipinski definition) is 0. The molecule has 2 aromatic rings. The molecule has 0 atom stereocenters. The maximum Gasteiger partial charge on any atom is 0.248 e. The first-order valence-electron chi connectivity index (χ1n) is 3.49. The highest BCUT2D eigenvalue weighted by Gasteiger charge is 2.09. The summed E-state index contributed by atoms with van der Waals surface area (Å²) in [7, 11) is 0. The zero-order valence-electron chi connectivity index (χ0n) is 6.37. The molecule has 0 saturated heterocycles. The lowest BCUT2D eigenvalue weighted by atomic mass is 10.2. The van der Waals surface area contributed by atoms with Gasteiger partial charge in [0.15, 0.2) is 0 Å². The van der Waals surface area contributed by atoms with E-state index in [2.05, 4.69) is 26.1 Å². The first-order valence-corrected chi connectivity index (χ1v) is 4.66. The van der Waals surface area contributed by atoms with Crippen molar-refractivity contribution in [2.24, 2.45) is 0 Å². The topological polar surface area (TPSA) is 38.9 Å². The maximum atomic E-state index is 6.01. The predicted molar refractivity (Wildman–Crippen MR) is 52.4 cm³/mol. The lowest BCUT2D eigenvalue weighted by Gasteiger charge is -1.99. The third-order valence-corrected chi connectivity index (χ3v) is 2.84. The van der Waals surface area contributed by atoms with E-state index in [0.29, 0.717) is 10.9 Å². The van der Waals surface area contributed by atoms with E-state index in [1.54, 1.807) is 0 Å². The molecule has 1 aromatic heterocycles. The van der Waals surface area contributed by atoms with E-state index in [1.165, 1.54) is 6.39 Å². The first kappa shape index (κ1) is 8.72. The molecule has 5 heteroatoms. The molecule has 13 heavy (non-hydrogen) atoms. The number of nitrogens with zero attached hydrogens (tertiary/aromatic N) is 2. The fraction of sp³-hybridized carbons (Fsp3) is 0. The molecule has 1 heterocycles. The number of rotatable bonds is 1. The summed E-state index contributed by atoms with van der Waals surface area (Å²) >= 11 is 9.32. The van der Waals surface area contributed by atoms with E-state index >= 15 is 0 Å². The maximum absolute atomic E-state index is 6.01. The number of benzene rings is 1. The van der Waals surface area contributed by atoms with Crippen molar-refractivity contribution < 1.29 is 4.42 Å². The molecule has 0 bridgehead atoms. The van der Waals surface area contributed by atoms with Crippen LogP contribution in [0.15, 0.2) is 33.5 Å². The fourth-order valence-electron chi connectivity index (χ4n) is 0.959. The third kappa shape index (κ3) is 1.59. The normalized spacial score (nSPS) is 10.3. The van der Waals surface area contributed by atoms with Crippen LogP contribution in [0.5, 0.6) is 0 Å². The number of halogens is 2. The van der Waals surface area contributed by atoms with Gasteiger partial charge in [0.05, 0.1) is 10.6 Å². The van der Waals surface area contributed by atoms with E-state index in [9.17, 15) is 0 Å². The summed E-state index contributed by atoms with van der Waals surface area (Å²) < 4.78 is 5.84. The number of hydrogen-bond acceptors (Lipinski definition) is 3. The molecule has 0 unspecified atom stereocenters. The molecule has 0 radical (unpaired) electrons. The van der Waals surface area contributed by atoms with Crippen molar-refractivity contribution in [2.45, 2.75) is 0 Å². The highest BCUT2D eigenvalue weighted by Crippen LogP contribution is 2.32.